The van der Waals surface area contributed by atoms with Gasteiger partial charge in [-0.25, -0.2) is 0 Å². The molecule has 2 heteroatoms. The van der Waals surface area contributed by atoms with E-state index in [4.69, 9.17) is 0 Å². The van der Waals surface area contributed by atoms with Crippen molar-refractivity contribution in [1.82, 2.24) is 5.32 Å². The van der Waals surface area contributed by atoms with Crippen molar-refractivity contribution >= 4 is 0 Å². The standard InChI is InChI=1S/C13H25NO/c1-2-13-12(9-15)7-11(8-14-13)10-5-3-4-6-10/h10-15H,2-9H2,1H3. The maximum Gasteiger partial charge on any atom is 0.0474 e. The predicted molar refractivity (Wildman–Crippen MR) is 62.7 cm³/mol. The SMILES string of the molecule is CCC1NCC(C2CCCC2)CC1CO. The Bertz CT molecular complexity index is 189. The number of piperidine rings is 1. The summed E-state index contributed by atoms with van der Waals surface area (Å²) in [5.74, 6) is 2.30. The second-order valence-electron chi connectivity index (χ2n) is 5.41. The minimum atomic E-state index is 0.370. The Balaban J connectivity index is 1.88. The minimum Gasteiger partial charge on any atom is -0.396 e. The third kappa shape index (κ3) is 2.54. The summed E-state index contributed by atoms with van der Waals surface area (Å²) in [4.78, 5) is 0. The van der Waals surface area contributed by atoms with Crippen LogP contribution in [0, 0.1) is 17.8 Å². The summed E-state index contributed by atoms with van der Waals surface area (Å²) < 4.78 is 0. The first-order valence-corrected chi connectivity index (χ1v) is 6.69. The fourth-order valence-electron chi connectivity index (χ4n) is 3.57. The monoisotopic (exact) mass is 211 g/mol. The summed E-state index contributed by atoms with van der Waals surface area (Å²) in [5, 5.41) is 13.0. The third-order valence-electron chi connectivity index (χ3n) is 4.56. The Morgan fingerprint density at radius 1 is 1.20 bits per heavy atom. The Morgan fingerprint density at radius 3 is 2.53 bits per heavy atom. The summed E-state index contributed by atoms with van der Waals surface area (Å²) in [6.07, 6.45) is 8.14. The molecule has 2 nitrogen and oxygen atoms in total. The molecule has 0 aromatic rings. The van der Waals surface area contributed by atoms with Gasteiger partial charge in [-0.3, -0.25) is 0 Å². The van der Waals surface area contributed by atoms with Crippen LogP contribution in [-0.2, 0) is 0 Å². The summed E-state index contributed by atoms with van der Waals surface area (Å²) in [7, 11) is 0. The van der Waals surface area contributed by atoms with Crippen LogP contribution in [0.1, 0.15) is 45.4 Å². The molecule has 0 aromatic carbocycles. The molecule has 3 atom stereocenters. The first-order valence-electron chi connectivity index (χ1n) is 6.69. The third-order valence-corrected chi connectivity index (χ3v) is 4.56. The molecule has 1 aliphatic heterocycles. The normalized spacial score (nSPS) is 38.4. The molecule has 0 bridgehead atoms. The van der Waals surface area contributed by atoms with E-state index < -0.39 is 0 Å². The molecule has 1 saturated heterocycles. The number of aliphatic hydroxyl groups excluding tert-OH is 1. The van der Waals surface area contributed by atoms with E-state index in [9.17, 15) is 5.11 Å². The van der Waals surface area contributed by atoms with E-state index in [-0.39, 0.29) is 0 Å². The van der Waals surface area contributed by atoms with Crippen LogP contribution in [0.25, 0.3) is 0 Å². The van der Waals surface area contributed by atoms with Crippen LogP contribution in [0.5, 0.6) is 0 Å². The molecule has 2 rings (SSSR count). The van der Waals surface area contributed by atoms with Crippen LogP contribution in [0.4, 0.5) is 0 Å². The van der Waals surface area contributed by atoms with Gasteiger partial charge in [0.25, 0.3) is 0 Å². The highest BCUT2D eigenvalue weighted by Crippen LogP contribution is 2.37. The highest BCUT2D eigenvalue weighted by molar-refractivity contribution is 4.88. The summed E-state index contributed by atoms with van der Waals surface area (Å²) in [6.45, 7) is 3.78. The van der Waals surface area contributed by atoms with Gasteiger partial charge in [-0.1, -0.05) is 32.6 Å². The molecule has 1 saturated carbocycles. The van der Waals surface area contributed by atoms with E-state index >= 15 is 0 Å². The largest absolute Gasteiger partial charge is 0.396 e. The Labute approximate surface area is 93.5 Å². The predicted octanol–water partition coefficient (Wildman–Crippen LogP) is 2.17. The van der Waals surface area contributed by atoms with Crippen LogP contribution in [0.2, 0.25) is 0 Å². The first-order chi connectivity index (χ1) is 7.35. The molecule has 1 aliphatic carbocycles. The number of nitrogens with one attached hydrogen (secondary N) is 1. The Hall–Kier alpha value is -0.0800. The van der Waals surface area contributed by atoms with Gasteiger partial charge < -0.3 is 10.4 Å². The van der Waals surface area contributed by atoms with Gasteiger partial charge in [0.15, 0.2) is 0 Å². The number of hydrogen-bond donors (Lipinski definition) is 2. The van der Waals surface area contributed by atoms with Crippen molar-refractivity contribution in [2.75, 3.05) is 13.2 Å². The van der Waals surface area contributed by atoms with Crippen molar-refractivity contribution in [3.8, 4) is 0 Å². The van der Waals surface area contributed by atoms with Crippen LogP contribution < -0.4 is 5.32 Å². The van der Waals surface area contributed by atoms with Crippen LogP contribution in [0.15, 0.2) is 0 Å². The van der Waals surface area contributed by atoms with Crippen molar-refractivity contribution in [1.29, 1.82) is 0 Å². The molecular formula is C13H25NO. The number of hydrogen-bond acceptors (Lipinski definition) is 2. The Kier molecular flexibility index (Phi) is 4.04. The van der Waals surface area contributed by atoms with Gasteiger partial charge >= 0.3 is 0 Å². The van der Waals surface area contributed by atoms with Crippen molar-refractivity contribution in [2.45, 2.75) is 51.5 Å². The molecule has 0 spiro atoms. The zero-order valence-electron chi connectivity index (χ0n) is 9.91. The highest BCUT2D eigenvalue weighted by Gasteiger charge is 2.33. The molecule has 0 radical (unpaired) electrons. The van der Waals surface area contributed by atoms with Gasteiger partial charge in [-0.15, -0.1) is 0 Å². The molecule has 15 heavy (non-hydrogen) atoms. The smallest absolute Gasteiger partial charge is 0.0474 e. The van der Waals surface area contributed by atoms with E-state index in [1.165, 1.54) is 38.6 Å². The molecule has 2 fully saturated rings. The van der Waals surface area contributed by atoms with Crippen molar-refractivity contribution < 1.29 is 5.11 Å². The summed E-state index contributed by atoms with van der Waals surface area (Å²) in [5.41, 5.74) is 0. The molecule has 3 unspecified atom stereocenters. The first kappa shape index (κ1) is 11.4. The van der Waals surface area contributed by atoms with E-state index in [1.54, 1.807) is 0 Å². The lowest BCUT2D eigenvalue weighted by molar-refractivity contribution is 0.107. The van der Waals surface area contributed by atoms with Crippen LogP contribution >= 0.6 is 0 Å². The second kappa shape index (κ2) is 5.31. The molecule has 1 heterocycles. The van der Waals surface area contributed by atoms with Gasteiger partial charge in [0, 0.05) is 12.6 Å². The van der Waals surface area contributed by atoms with Crippen LogP contribution in [0.3, 0.4) is 0 Å². The lowest BCUT2D eigenvalue weighted by Gasteiger charge is -2.38. The number of rotatable bonds is 3. The molecule has 2 aliphatic rings. The van der Waals surface area contributed by atoms with Gasteiger partial charge in [-0.05, 0) is 37.1 Å². The van der Waals surface area contributed by atoms with Gasteiger partial charge in [0.05, 0.1) is 0 Å². The zero-order valence-corrected chi connectivity index (χ0v) is 9.91. The topological polar surface area (TPSA) is 32.3 Å². The maximum atomic E-state index is 9.41. The molecule has 88 valence electrons. The van der Waals surface area contributed by atoms with Crippen LogP contribution in [-0.4, -0.2) is 24.3 Å². The lowest BCUT2D eigenvalue weighted by Crippen LogP contribution is -2.47. The van der Waals surface area contributed by atoms with E-state index in [0.717, 1.165) is 18.3 Å². The lowest BCUT2D eigenvalue weighted by atomic mass is 9.77. The average Bonchev–Trinajstić information content (AvgIpc) is 2.81. The molecule has 2 N–H and O–H groups in total. The second-order valence-corrected chi connectivity index (χ2v) is 5.41. The minimum absolute atomic E-state index is 0.370. The fraction of sp³-hybridized carbons (Fsp3) is 1.00. The quantitative estimate of drug-likeness (QED) is 0.750. The zero-order chi connectivity index (χ0) is 10.7. The van der Waals surface area contributed by atoms with E-state index in [0.29, 0.717) is 18.6 Å². The molecule has 0 aromatic heterocycles. The van der Waals surface area contributed by atoms with Gasteiger partial charge in [0.2, 0.25) is 0 Å². The van der Waals surface area contributed by atoms with E-state index in [1.807, 2.05) is 0 Å². The van der Waals surface area contributed by atoms with E-state index in [2.05, 4.69) is 12.2 Å². The van der Waals surface area contributed by atoms with Crippen molar-refractivity contribution in [2.24, 2.45) is 17.8 Å². The molecular weight excluding hydrogens is 186 g/mol. The number of aliphatic hydroxyl groups is 1. The maximum absolute atomic E-state index is 9.41. The van der Waals surface area contributed by atoms with Gasteiger partial charge in [-0.2, -0.15) is 0 Å². The molecule has 0 amide bonds. The highest BCUT2D eigenvalue weighted by atomic mass is 16.3. The summed E-state index contributed by atoms with van der Waals surface area (Å²) in [6, 6.07) is 0.563. The van der Waals surface area contributed by atoms with Gasteiger partial charge in [0.1, 0.15) is 0 Å². The summed E-state index contributed by atoms with van der Waals surface area (Å²) >= 11 is 0. The Morgan fingerprint density at radius 2 is 1.93 bits per heavy atom. The fourth-order valence-corrected chi connectivity index (χ4v) is 3.57. The average molecular weight is 211 g/mol. The van der Waals surface area contributed by atoms with Crippen molar-refractivity contribution in [3.63, 3.8) is 0 Å². The van der Waals surface area contributed by atoms with Crippen molar-refractivity contribution in [3.05, 3.63) is 0 Å².